The lowest BCUT2D eigenvalue weighted by atomic mass is 9.98. The second-order valence-corrected chi connectivity index (χ2v) is 7.08. The van der Waals surface area contributed by atoms with Crippen LogP contribution >= 0.6 is 0 Å². The average Bonchev–Trinajstić information content (AvgIpc) is 3.05. The van der Waals surface area contributed by atoms with Gasteiger partial charge in [-0.15, -0.1) is 0 Å². The Bertz CT molecular complexity index is 581. The van der Waals surface area contributed by atoms with Gasteiger partial charge in [0, 0.05) is 30.4 Å². The molecule has 3 rings (SSSR count). The summed E-state index contributed by atoms with van der Waals surface area (Å²) in [5, 5.41) is 6.84. The highest BCUT2D eigenvalue weighted by molar-refractivity contribution is 5.31. The molecule has 2 atom stereocenters. The number of benzene rings is 1. The van der Waals surface area contributed by atoms with Gasteiger partial charge >= 0.3 is 0 Å². The Morgan fingerprint density at radius 3 is 2.75 bits per heavy atom. The van der Waals surface area contributed by atoms with Crippen LogP contribution in [0.2, 0.25) is 0 Å². The maximum Gasteiger partial charge on any atom is 0.165 e. The summed E-state index contributed by atoms with van der Waals surface area (Å²) in [6.07, 6.45) is 10.1. The van der Waals surface area contributed by atoms with Crippen molar-refractivity contribution in [1.29, 1.82) is 0 Å². The van der Waals surface area contributed by atoms with Crippen molar-refractivity contribution in [3.63, 3.8) is 0 Å². The minimum atomic E-state index is -0.253. The molecule has 132 valence electrons. The van der Waals surface area contributed by atoms with Crippen molar-refractivity contribution in [1.82, 2.24) is 10.6 Å². The zero-order valence-electron chi connectivity index (χ0n) is 14.8. The summed E-state index contributed by atoms with van der Waals surface area (Å²) in [5.41, 5.74) is 2.14. The fourth-order valence-corrected chi connectivity index (χ4v) is 3.57. The van der Waals surface area contributed by atoms with E-state index in [9.17, 15) is 4.39 Å². The molecule has 0 saturated heterocycles. The van der Waals surface area contributed by atoms with Crippen molar-refractivity contribution in [3.05, 3.63) is 41.5 Å². The lowest BCUT2D eigenvalue weighted by molar-refractivity contribution is 0.148. The SMILES string of the molecule is CC[C@H]1CC(NC(C)c2ccc(OC3CCCCC3)c(F)c2)=CN1. The topological polar surface area (TPSA) is 33.3 Å². The van der Waals surface area contributed by atoms with Crippen LogP contribution in [0.5, 0.6) is 5.75 Å². The molecule has 0 bridgehead atoms. The average molecular weight is 332 g/mol. The minimum absolute atomic E-state index is 0.0758. The highest BCUT2D eigenvalue weighted by atomic mass is 19.1. The summed E-state index contributed by atoms with van der Waals surface area (Å²) in [5.74, 6) is 0.141. The van der Waals surface area contributed by atoms with Gasteiger partial charge in [-0.25, -0.2) is 4.39 Å². The molecule has 1 unspecified atom stereocenters. The molecule has 2 N–H and O–H groups in total. The van der Waals surface area contributed by atoms with E-state index in [0.29, 0.717) is 11.8 Å². The first kappa shape index (κ1) is 17.1. The molecule has 0 spiro atoms. The number of hydrogen-bond acceptors (Lipinski definition) is 3. The van der Waals surface area contributed by atoms with Crippen LogP contribution in [0.4, 0.5) is 4.39 Å². The fraction of sp³-hybridized carbons (Fsp3) is 0.600. The molecule has 1 aromatic rings. The van der Waals surface area contributed by atoms with Crippen LogP contribution in [0.3, 0.4) is 0 Å². The summed E-state index contributed by atoms with van der Waals surface area (Å²) >= 11 is 0. The van der Waals surface area contributed by atoms with E-state index >= 15 is 0 Å². The summed E-state index contributed by atoms with van der Waals surface area (Å²) in [7, 11) is 0. The quantitative estimate of drug-likeness (QED) is 0.785. The Hall–Kier alpha value is -1.71. The first-order chi connectivity index (χ1) is 11.7. The Morgan fingerprint density at radius 2 is 2.08 bits per heavy atom. The number of nitrogens with one attached hydrogen (secondary N) is 2. The van der Waals surface area contributed by atoms with Crippen molar-refractivity contribution in [2.75, 3.05) is 0 Å². The summed E-state index contributed by atoms with van der Waals surface area (Å²) < 4.78 is 20.3. The first-order valence-electron chi connectivity index (χ1n) is 9.33. The normalized spacial score (nSPS) is 22.6. The van der Waals surface area contributed by atoms with Crippen molar-refractivity contribution in [3.8, 4) is 5.75 Å². The van der Waals surface area contributed by atoms with E-state index in [1.807, 2.05) is 12.3 Å². The monoisotopic (exact) mass is 332 g/mol. The van der Waals surface area contributed by atoms with Gasteiger partial charge in [0.1, 0.15) is 0 Å². The second-order valence-electron chi connectivity index (χ2n) is 7.08. The Labute approximate surface area is 144 Å². The first-order valence-corrected chi connectivity index (χ1v) is 9.33. The van der Waals surface area contributed by atoms with Gasteiger partial charge in [0.15, 0.2) is 11.6 Å². The zero-order chi connectivity index (χ0) is 16.9. The Morgan fingerprint density at radius 1 is 1.29 bits per heavy atom. The third-order valence-corrected chi connectivity index (χ3v) is 5.16. The largest absolute Gasteiger partial charge is 0.487 e. The second kappa shape index (κ2) is 7.91. The molecule has 1 heterocycles. The van der Waals surface area contributed by atoms with Crippen LogP contribution in [0.15, 0.2) is 30.1 Å². The van der Waals surface area contributed by atoms with Crippen molar-refractivity contribution in [2.45, 2.75) is 77.0 Å². The predicted molar refractivity (Wildman–Crippen MR) is 95.4 cm³/mol. The summed E-state index contributed by atoms with van der Waals surface area (Å²) in [4.78, 5) is 0. The number of ether oxygens (including phenoxy) is 1. The molecule has 3 nitrogen and oxygen atoms in total. The molecule has 24 heavy (non-hydrogen) atoms. The van der Waals surface area contributed by atoms with Gasteiger partial charge in [-0.05, 0) is 56.7 Å². The van der Waals surface area contributed by atoms with Gasteiger partial charge in [-0.1, -0.05) is 19.4 Å². The third-order valence-electron chi connectivity index (χ3n) is 5.16. The molecule has 2 aliphatic rings. The lowest BCUT2D eigenvalue weighted by Gasteiger charge is -2.24. The maximum atomic E-state index is 14.4. The predicted octanol–water partition coefficient (Wildman–Crippen LogP) is 4.80. The Balaban J connectivity index is 1.59. The van der Waals surface area contributed by atoms with Crippen molar-refractivity contribution >= 4 is 0 Å². The van der Waals surface area contributed by atoms with E-state index in [1.54, 1.807) is 12.1 Å². The molecular weight excluding hydrogens is 303 g/mol. The lowest BCUT2D eigenvalue weighted by Crippen LogP contribution is -2.21. The van der Waals surface area contributed by atoms with Crippen LogP contribution in [-0.4, -0.2) is 12.1 Å². The molecule has 0 aromatic heterocycles. The van der Waals surface area contributed by atoms with Gasteiger partial charge in [0.2, 0.25) is 0 Å². The van der Waals surface area contributed by atoms with Gasteiger partial charge in [-0.3, -0.25) is 0 Å². The zero-order valence-corrected chi connectivity index (χ0v) is 14.8. The van der Waals surface area contributed by atoms with Crippen molar-refractivity contribution < 1.29 is 9.13 Å². The van der Waals surface area contributed by atoms with Crippen molar-refractivity contribution in [2.24, 2.45) is 0 Å². The van der Waals surface area contributed by atoms with Gasteiger partial charge < -0.3 is 15.4 Å². The molecule has 0 amide bonds. The Kier molecular flexibility index (Phi) is 5.64. The van der Waals surface area contributed by atoms with Crippen LogP contribution < -0.4 is 15.4 Å². The number of rotatable bonds is 6. The highest BCUT2D eigenvalue weighted by Gasteiger charge is 2.19. The highest BCUT2D eigenvalue weighted by Crippen LogP contribution is 2.28. The maximum absolute atomic E-state index is 14.4. The molecule has 0 radical (unpaired) electrons. The van der Waals surface area contributed by atoms with Crippen LogP contribution in [0, 0.1) is 5.82 Å². The van der Waals surface area contributed by atoms with Gasteiger partial charge in [-0.2, -0.15) is 0 Å². The summed E-state index contributed by atoms with van der Waals surface area (Å²) in [6.45, 7) is 4.24. The van der Waals surface area contributed by atoms with Crippen LogP contribution in [0.1, 0.15) is 70.4 Å². The van der Waals surface area contributed by atoms with E-state index in [4.69, 9.17) is 4.74 Å². The molecule has 1 aromatic carbocycles. The van der Waals surface area contributed by atoms with Crippen LogP contribution in [0.25, 0.3) is 0 Å². The van der Waals surface area contributed by atoms with Gasteiger partial charge in [0.05, 0.1) is 6.10 Å². The van der Waals surface area contributed by atoms with E-state index < -0.39 is 0 Å². The molecule has 1 aliphatic heterocycles. The standard InChI is InChI=1S/C20H29FN2O/c1-3-16-12-17(13-22-16)23-14(2)15-9-10-20(19(21)11-15)24-18-7-5-4-6-8-18/h9-11,13-14,16,18,22-23H,3-8,12H2,1-2H3/t14?,16-/m0/s1. The molecule has 1 fully saturated rings. The molecular formula is C20H29FN2O. The molecule has 1 saturated carbocycles. The van der Waals surface area contributed by atoms with Crippen LogP contribution in [-0.2, 0) is 0 Å². The summed E-state index contributed by atoms with van der Waals surface area (Å²) in [6, 6.07) is 5.96. The van der Waals surface area contributed by atoms with E-state index in [-0.39, 0.29) is 18.0 Å². The smallest absolute Gasteiger partial charge is 0.165 e. The number of hydrogen-bond donors (Lipinski definition) is 2. The molecule has 4 heteroatoms. The van der Waals surface area contributed by atoms with E-state index in [2.05, 4.69) is 24.5 Å². The van der Waals surface area contributed by atoms with E-state index in [1.165, 1.54) is 25.0 Å². The number of halogens is 1. The van der Waals surface area contributed by atoms with Gasteiger partial charge in [0.25, 0.3) is 0 Å². The minimum Gasteiger partial charge on any atom is -0.487 e. The van der Waals surface area contributed by atoms with E-state index in [0.717, 1.165) is 31.2 Å². The molecule has 1 aliphatic carbocycles. The third kappa shape index (κ3) is 4.22. The fourth-order valence-electron chi connectivity index (χ4n) is 3.57.